The van der Waals surface area contributed by atoms with Crippen LogP contribution in [-0.2, 0) is 11.2 Å². The number of pyridine rings is 1. The van der Waals surface area contributed by atoms with Gasteiger partial charge in [-0.25, -0.2) is 4.39 Å². The fourth-order valence-corrected chi connectivity index (χ4v) is 4.07. The molecule has 2 aromatic heterocycles. The monoisotopic (exact) mass is 494 g/mol. The van der Waals surface area contributed by atoms with Crippen molar-refractivity contribution in [1.29, 1.82) is 0 Å². The van der Waals surface area contributed by atoms with Crippen molar-refractivity contribution in [2.45, 2.75) is 18.9 Å². The van der Waals surface area contributed by atoms with E-state index in [9.17, 15) is 14.0 Å². The highest BCUT2D eigenvalue weighted by molar-refractivity contribution is 5.94. The quantitative estimate of drug-likeness (QED) is 0.309. The zero-order valence-electron chi connectivity index (χ0n) is 20.0. The van der Waals surface area contributed by atoms with Crippen LogP contribution >= 0.6 is 0 Å². The van der Waals surface area contributed by atoms with Crippen molar-refractivity contribution in [2.75, 3.05) is 44.7 Å². The first-order valence-electron chi connectivity index (χ1n) is 12.0. The average molecular weight is 495 g/mol. The lowest BCUT2D eigenvalue weighted by atomic mass is 10.1. The van der Waals surface area contributed by atoms with Gasteiger partial charge in [-0.1, -0.05) is 12.1 Å². The number of hydrogen-bond acceptors (Lipinski definition) is 7. The molecule has 1 aliphatic heterocycles. The first-order chi connectivity index (χ1) is 17.5. The highest BCUT2D eigenvalue weighted by atomic mass is 19.1. The lowest BCUT2D eigenvalue weighted by Crippen LogP contribution is -2.58. The second kappa shape index (κ2) is 12.2. The number of rotatable bonds is 11. The number of nitrogens with two attached hydrogens (primary N) is 1. The molecule has 1 aliphatic rings. The summed E-state index contributed by atoms with van der Waals surface area (Å²) in [7, 11) is 0. The number of benzene rings is 1. The summed E-state index contributed by atoms with van der Waals surface area (Å²) in [5.41, 5.74) is 11.5. The number of hydrogen-bond donors (Lipinski definition) is 4. The molecule has 10 nitrogen and oxygen atoms in total. The number of halogens is 1. The van der Waals surface area contributed by atoms with Gasteiger partial charge in [0.1, 0.15) is 5.82 Å². The Bertz CT molecular complexity index is 1170. The average Bonchev–Trinajstić information content (AvgIpc) is 3.36. The molecule has 0 aliphatic carbocycles. The Balaban J connectivity index is 1.28. The minimum Gasteiger partial charge on any atom is -0.350 e. The first kappa shape index (κ1) is 25.3. The van der Waals surface area contributed by atoms with E-state index >= 15 is 0 Å². The third-order valence-electron chi connectivity index (χ3n) is 6.00. The summed E-state index contributed by atoms with van der Waals surface area (Å²) in [5, 5.41) is 10.3. The van der Waals surface area contributed by atoms with Gasteiger partial charge in [-0.3, -0.25) is 14.6 Å². The Labute approximate surface area is 209 Å². The summed E-state index contributed by atoms with van der Waals surface area (Å²) in [6, 6.07) is 9.87. The van der Waals surface area contributed by atoms with Gasteiger partial charge >= 0.3 is 0 Å². The maximum absolute atomic E-state index is 13.3. The second-order valence-corrected chi connectivity index (χ2v) is 8.62. The maximum Gasteiger partial charge on any atom is 0.252 e. The van der Waals surface area contributed by atoms with Gasteiger partial charge in [0.05, 0.1) is 36.2 Å². The molecule has 0 bridgehead atoms. The third kappa shape index (κ3) is 6.64. The van der Waals surface area contributed by atoms with Crippen molar-refractivity contribution in [3.8, 4) is 11.3 Å². The summed E-state index contributed by atoms with van der Waals surface area (Å²) < 4.78 is 13.3. The Morgan fingerprint density at radius 3 is 2.92 bits per heavy atom. The minimum absolute atomic E-state index is 0.0176. The number of carbonyl (C=O) groups excluding carboxylic acids is 2. The van der Waals surface area contributed by atoms with E-state index in [-0.39, 0.29) is 23.7 Å². The van der Waals surface area contributed by atoms with Gasteiger partial charge in [0.15, 0.2) is 0 Å². The topological polar surface area (TPSA) is 130 Å². The number of amides is 2. The summed E-state index contributed by atoms with van der Waals surface area (Å²) in [6.45, 7) is 2.95. The number of nitrogens with one attached hydrogen (secondary N) is 3. The molecule has 1 atom stereocenters. The molecule has 0 unspecified atom stereocenters. The van der Waals surface area contributed by atoms with Crippen molar-refractivity contribution < 1.29 is 14.0 Å². The van der Waals surface area contributed by atoms with Crippen LogP contribution in [0, 0.1) is 5.82 Å². The fourth-order valence-electron chi connectivity index (χ4n) is 4.07. The lowest BCUT2D eigenvalue weighted by Gasteiger charge is -2.36. The van der Waals surface area contributed by atoms with Gasteiger partial charge < -0.3 is 26.7 Å². The highest BCUT2D eigenvalue weighted by Gasteiger charge is 2.27. The van der Waals surface area contributed by atoms with E-state index < -0.39 is 0 Å². The molecule has 5 N–H and O–H groups in total. The van der Waals surface area contributed by atoms with Crippen molar-refractivity contribution in [3.63, 3.8) is 0 Å². The predicted octanol–water partition coefficient (Wildman–Crippen LogP) is 0.749. The molecular formula is C25H31FN8O2. The zero-order chi connectivity index (χ0) is 25.3. The van der Waals surface area contributed by atoms with Gasteiger partial charge in [0.2, 0.25) is 5.91 Å². The highest BCUT2D eigenvalue weighted by Crippen LogP contribution is 2.16. The molecule has 1 fully saturated rings. The second-order valence-electron chi connectivity index (χ2n) is 8.62. The van der Waals surface area contributed by atoms with E-state index in [2.05, 4.69) is 26.1 Å². The van der Waals surface area contributed by atoms with Crippen LogP contribution in [0.25, 0.3) is 11.3 Å². The third-order valence-corrected chi connectivity index (χ3v) is 6.00. The summed E-state index contributed by atoms with van der Waals surface area (Å²) in [5.74, 6) is -0.479. The van der Waals surface area contributed by atoms with Crippen LogP contribution in [0.1, 0.15) is 22.3 Å². The molecule has 190 valence electrons. The molecule has 11 heteroatoms. The Hall–Kier alpha value is -3.83. The van der Waals surface area contributed by atoms with Crippen molar-refractivity contribution in [2.24, 2.45) is 5.73 Å². The summed E-state index contributed by atoms with van der Waals surface area (Å²) in [4.78, 5) is 32.6. The number of carbonyl (C=O) groups is 2. The number of piperazine rings is 1. The Kier molecular flexibility index (Phi) is 8.58. The lowest BCUT2D eigenvalue weighted by molar-refractivity contribution is -0.134. The molecule has 3 aromatic rings. The molecule has 3 heterocycles. The number of aromatic nitrogens is 3. The van der Waals surface area contributed by atoms with Gasteiger partial charge in [-0.05, 0) is 49.2 Å². The molecule has 2 amide bonds. The molecule has 1 aromatic carbocycles. The van der Waals surface area contributed by atoms with E-state index in [0.29, 0.717) is 56.9 Å². The van der Waals surface area contributed by atoms with E-state index in [4.69, 9.17) is 5.73 Å². The van der Waals surface area contributed by atoms with Crippen LogP contribution in [0.5, 0.6) is 0 Å². The van der Waals surface area contributed by atoms with Gasteiger partial charge in [-0.15, -0.1) is 0 Å². The SMILES string of the molecule is NCCCN1C(=O)CNC[C@@H]1CNC(=O)c1ccc(-c2cnn(NCCc3cccc(F)c3)c2)nc1. The molecular weight excluding hydrogens is 463 g/mol. The fraction of sp³-hybridized carbons (Fsp3) is 0.360. The van der Waals surface area contributed by atoms with Crippen LogP contribution in [0.3, 0.4) is 0 Å². The molecule has 0 saturated carbocycles. The minimum atomic E-state index is -0.249. The van der Waals surface area contributed by atoms with E-state index in [1.807, 2.05) is 6.07 Å². The Morgan fingerprint density at radius 1 is 1.25 bits per heavy atom. The molecule has 36 heavy (non-hydrogen) atoms. The molecule has 0 radical (unpaired) electrons. The van der Waals surface area contributed by atoms with Crippen LogP contribution < -0.4 is 21.8 Å². The molecule has 0 spiro atoms. The van der Waals surface area contributed by atoms with E-state index in [1.54, 1.807) is 40.3 Å². The van der Waals surface area contributed by atoms with Crippen molar-refractivity contribution in [3.05, 3.63) is 71.9 Å². The predicted molar refractivity (Wildman–Crippen MR) is 134 cm³/mol. The van der Waals surface area contributed by atoms with Gasteiger partial charge in [0.25, 0.3) is 5.91 Å². The Morgan fingerprint density at radius 2 is 2.14 bits per heavy atom. The summed E-state index contributed by atoms with van der Waals surface area (Å²) in [6.07, 6.45) is 6.39. The van der Waals surface area contributed by atoms with E-state index in [0.717, 1.165) is 17.5 Å². The van der Waals surface area contributed by atoms with Crippen LogP contribution in [-0.4, -0.2) is 76.9 Å². The van der Waals surface area contributed by atoms with Crippen LogP contribution in [0.2, 0.25) is 0 Å². The maximum atomic E-state index is 13.3. The first-order valence-corrected chi connectivity index (χ1v) is 12.0. The molecule has 4 rings (SSSR count). The van der Waals surface area contributed by atoms with Crippen molar-refractivity contribution in [1.82, 2.24) is 30.4 Å². The van der Waals surface area contributed by atoms with Crippen LogP contribution in [0.4, 0.5) is 4.39 Å². The van der Waals surface area contributed by atoms with Gasteiger partial charge in [-0.2, -0.15) is 9.89 Å². The largest absolute Gasteiger partial charge is 0.350 e. The zero-order valence-corrected chi connectivity index (χ0v) is 20.0. The van der Waals surface area contributed by atoms with E-state index in [1.165, 1.54) is 18.3 Å². The smallest absolute Gasteiger partial charge is 0.252 e. The van der Waals surface area contributed by atoms with Crippen molar-refractivity contribution >= 4 is 11.8 Å². The van der Waals surface area contributed by atoms with Crippen LogP contribution in [0.15, 0.2) is 55.0 Å². The normalized spacial score (nSPS) is 15.7. The summed E-state index contributed by atoms with van der Waals surface area (Å²) >= 11 is 0. The number of nitrogens with zero attached hydrogens (tertiary/aromatic N) is 4. The standard InChI is InChI=1S/C25H31FN8O2/c26-21-4-1-3-18(11-21)7-9-31-34-17-20(13-32-34)23-6-5-19(12-29-23)25(36)30-15-22-14-28-16-24(35)33(22)10-2-8-27/h1,3-6,11-13,17,22,28,31H,2,7-10,14-16,27H2,(H,30,36)/t22-/m1/s1. The van der Waals surface area contributed by atoms with Gasteiger partial charge in [0, 0.05) is 37.9 Å². The molecule has 1 saturated heterocycles.